The molecule has 1 aromatic carbocycles. The highest BCUT2D eigenvalue weighted by Crippen LogP contribution is 2.34. The molecular formula is C24H30F3N5O4. The van der Waals surface area contributed by atoms with Crippen LogP contribution in [0.5, 0.6) is 0 Å². The number of hydrogen-bond acceptors (Lipinski definition) is 7. The van der Waals surface area contributed by atoms with Gasteiger partial charge in [0.05, 0.1) is 23.9 Å². The summed E-state index contributed by atoms with van der Waals surface area (Å²) < 4.78 is 46.8. The smallest absolute Gasteiger partial charge is 0.434 e. The molecule has 36 heavy (non-hydrogen) atoms. The van der Waals surface area contributed by atoms with E-state index < -0.39 is 42.1 Å². The molecule has 12 heteroatoms. The maximum Gasteiger partial charge on any atom is 0.434 e. The van der Waals surface area contributed by atoms with E-state index in [1.165, 1.54) is 0 Å². The van der Waals surface area contributed by atoms with Crippen LogP contribution in [0.4, 0.5) is 29.6 Å². The van der Waals surface area contributed by atoms with E-state index in [1.807, 2.05) is 24.3 Å². The van der Waals surface area contributed by atoms with Crippen LogP contribution in [0.25, 0.3) is 0 Å². The monoisotopic (exact) mass is 509 g/mol. The molecule has 3 heterocycles. The van der Waals surface area contributed by atoms with E-state index >= 15 is 0 Å². The number of amides is 2. The fourth-order valence-electron chi connectivity index (χ4n) is 4.42. The summed E-state index contributed by atoms with van der Waals surface area (Å²) in [6.45, 7) is 3.90. The van der Waals surface area contributed by atoms with Gasteiger partial charge in [0.15, 0.2) is 5.69 Å². The van der Waals surface area contributed by atoms with Gasteiger partial charge in [0.2, 0.25) is 5.95 Å². The Bertz CT molecular complexity index is 1130. The van der Waals surface area contributed by atoms with Gasteiger partial charge >= 0.3 is 12.3 Å². The number of para-hydroxylation sites is 1. The molecule has 2 amide bonds. The fourth-order valence-corrected chi connectivity index (χ4v) is 4.42. The highest BCUT2D eigenvalue weighted by Gasteiger charge is 2.40. The Kier molecular flexibility index (Phi) is 7.34. The van der Waals surface area contributed by atoms with Crippen LogP contribution in [0.3, 0.4) is 0 Å². The number of hydrogen-bond donors (Lipinski definition) is 2. The highest BCUT2D eigenvalue weighted by atomic mass is 19.4. The largest absolute Gasteiger partial charge is 0.444 e. The Morgan fingerprint density at radius 2 is 1.97 bits per heavy atom. The van der Waals surface area contributed by atoms with Gasteiger partial charge in [-0.1, -0.05) is 32.0 Å². The molecule has 1 aromatic heterocycles. The number of rotatable bonds is 6. The number of nitrogens with one attached hydrogen (secondary N) is 1. The molecule has 1 fully saturated rings. The van der Waals surface area contributed by atoms with Crippen LogP contribution in [0.2, 0.25) is 0 Å². The van der Waals surface area contributed by atoms with Crippen molar-refractivity contribution in [2.45, 2.75) is 51.6 Å². The van der Waals surface area contributed by atoms with Crippen LogP contribution < -0.4 is 15.1 Å². The molecule has 0 spiro atoms. The molecule has 2 N–H and O–H groups in total. The number of aromatic nitrogens is 2. The van der Waals surface area contributed by atoms with Gasteiger partial charge in [-0.25, -0.2) is 14.8 Å². The van der Waals surface area contributed by atoms with Crippen LogP contribution in [0.15, 0.2) is 30.5 Å². The zero-order chi connectivity index (χ0) is 26.0. The number of fused-ring (bicyclic) bond motifs is 1. The summed E-state index contributed by atoms with van der Waals surface area (Å²) >= 11 is 0. The van der Waals surface area contributed by atoms with Crippen molar-refractivity contribution in [1.82, 2.24) is 15.3 Å². The van der Waals surface area contributed by atoms with Gasteiger partial charge in [0.1, 0.15) is 6.61 Å². The van der Waals surface area contributed by atoms with E-state index in [-0.39, 0.29) is 25.9 Å². The number of benzene rings is 1. The summed E-state index contributed by atoms with van der Waals surface area (Å²) in [6.07, 6.45) is -3.50. The first-order chi connectivity index (χ1) is 17.1. The Hall–Kier alpha value is -3.41. The molecule has 1 saturated heterocycles. The number of ether oxygens (including phenoxy) is 1. The zero-order valence-corrected chi connectivity index (χ0v) is 20.0. The topological polar surface area (TPSA) is 108 Å². The van der Waals surface area contributed by atoms with Crippen molar-refractivity contribution in [1.29, 1.82) is 0 Å². The molecule has 2 aliphatic rings. The minimum Gasteiger partial charge on any atom is -0.444 e. The third-order valence-electron chi connectivity index (χ3n) is 6.52. The highest BCUT2D eigenvalue weighted by molar-refractivity contribution is 5.95. The van der Waals surface area contributed by atoms with Crippen LogP contribution in [-0.4, -0.2) is 58.9 Å². The summed E-state index contributed by atoms with van der Waals surface area (Å²) in [5, 5.41) is 11.8. The molecule has 0 bridgehead atoms. The lowest BCUT2D eigenvalue weighted by molar-refractivity contribution is -0.141. The number of halogens is 3. The number of carbonyl (C=O) groups excluding carboxylic acids is 2. The predicted molar refractivity (Wildman–Crippen MR) is 127 cm³/mol. The van der Waals surface area contributed by atoms with Crippen molar-refractivity contribution in [2.24, 2.45) is 5.92 Å². The molecule has 9 nitrogen and oxygen atoms in total. The molecule has 0 saturated carbocycles. The maximum absolute atomic E-state index is 13.8. The second-order valence-corrected chi connectivity index (χ2v) is 9.21. The van der Waals surface area contributed by atoms with Gasteiger partial charge in [-0.3, -0.25) is 9.69 Å². The first-order valence-corrected chi connectivity index (χ1v) is 11.7. The van der Waals surface area contributed by atoms with Crippen LogP contribution in [-0.2, 0) is 17.5 Å². The molecule has 2 aliphatic heterocycles. The lowest BCUT2D eigenvalue weighted by atomic mass is 10.0. The summed E-state index contributed by atoms with van der Waals surface area (Å²) in [4.78, 5) is 36.0. The van der Waals surface area contributed by atoms with Gasteiger partial charge in [0, 0.05) is 32.3 Å². The van der Waals surface area contributed by atoms with Gasteiger partial charge < -0.3 is 20.1 Å². The molecule has 1 atom stereocenters. The van der Waals surface area contributed by atoms with Crippen LogP contribution >= 0.6 is 0 Å². The van der Waals surface area contributed by atoms with Gasteiger partial charge in [-0.2, -0.15) is 13.2 Å². The van der Waals surface area contributed by atoms with E-state index in [1.54, 1.807) is 23.6 Å². The summed E-state index contributed by atoms with van der Waals surface area (Å²) in [5.41, 5.74) is -0.359. The Morgan fingerprint density at radius 3 is 2.61 bits per heavy atom. The van der Waals surface area contributed by atoms with E-state index in [2.05, 4.69) is 15.3 Å². The van der Waals surface area contributed by atoms with E-state index in [9.17, 15) is 27.9 Å². The molecule has 0 unspecified atom stereocenters. The number of anilines is 2. The SMILES string of the molecule is CC(C)[C@H](CO)NC(=O)c1cnc(N2CCC(N3C(=O)OCc4ccccc43)CC2)nc1C(F)(F)F.[HH]. The number of aliphatic hydroxyl groups is 1. The normalized spacial score (nSPS) is 17.6. The van der Waals surface area contributed by atoms with Crippen molar-refractivity contribution in [3.8, 4) is 0 Å². The zero-order valence-electron chi connectivity index (χ0n) is 20.0. The third-order valence-corrected chi connectivity index (χ3v) is 6.52. The van der Waals surface area contributed by atoms with Crippen molar-refractivity contribution >= 4 is 23.6 Å². The minimum atomic E-state index is -4.88. The number of carbonyl (C=O) groups is 2. The van der Waals surface area contributed by atoms with Gasteiger partial charge in [0.25, 0.3) is 5.91 Å². The summed E-state index contributed by atoms with van der Waals surface area (Å²) in [6, 6.07) is 6.56. The molecule has 0 radical (unpaired) electrons. The number of aliphatic hydroxyl groups excluding tert-OH is 1. The average molecular weight is 510 g/mol. The van der Waals surface area contributed by atoms with Gasteiger partial charge in [-0.05, 0) is 24.8 Å². The molecule has 2 aromatic rings. The Balaban J connectivity index is 0.00000380. The standard InChI is InChI=1S/C24H28F3N5O4.H2/c1-14(2)18(12-33)29-21(34)17-11-28-22(30-20(17)24(25,26)27)31-9-7-16(8-10-31)32-19-6-4-3-5-15(19)13-36-23(32)35;/h3-6,11,14,16,18,33H,7-10,12-13H2,1-2H3,(H,29,34);1H/t18-;/m0./s1. The molecule has 196 valence electrons. The quantitative estimate of drug-likeness (QED) is 0.613. The van der Waals surface area contributed by atoms with Crippen molar-refractivity contribution in [3.63, 3.8) is 0 Å². The molecular weight excluding hydrogens is 479 g/mol. The average Bonchev–Trinajstić information content (AvgIpc) is 2.86. The van der Waals surface area contributed by atoms with Crippen LogP contribution in [0.1, 0.15) is 49.7 Å². The van der Waals surface area contributed by atoms with Crippen LogP contribution in [0, 0.1) is 5.92 Å². The minimum absolute atomic E-state index is 0. The molecule has 0 aliphatic carbocycles. The first kappa shape index (κ1) is 25.7. The van der Waals surface area contributed by atoms with Crippen molar-refractivity contribution < 1.29 is 34.0 Å². The number of cyclic esters (lactones) is 1. The Labute approximate surface area is 207 Å². The summed E-state index contributed by atoms with van der Waals surface area (Å²) in [5.74, 6) is -1.32. The number of alkyl halides is 3. The number of piperidine rings is 1. The number of nitrogens with zero attached hydrogens (tertiary/aromatic N) is 4. The van der Waals surface area contributed by atoms with E-state index in [4.69, 9.17) is 4.74 Å². The maximum atomic E-state index is 13.8. The van der Waals surface area contributed by atoms with Crippen molar-refractivity contribution in [2.75, 3.05) is 29.5 Å². The first-order valence-electron chi connectivity index (χ1n) is 11.7. The second kappa shape index (κ2) is 10.3. The third kappa shape index (κ3) is 5.23. The molecule has 4 rings (SSSR count). The second-order valence-electron chi connectivity index (χ2n) is 9.21. The summed E-state index contributed by atoms with van der Waals surface area (Å²) in [7, 11) is 0. The van der Waals surface area contributed by atoms with Gasteiger partial charge in [-0.15, -0.1) is 0 Å². The lowest BCUT2D eigenvalue weighted by Gasteiger charge is -2.40. The fraction of sp³-hybridized carbons (Fsp3) is 0.500. The predicted octanol–water partition coefficient (Wildman–Crippen LogP) is 3.61. The lowest BCUT2D eigenvalue weighted by Crippen LogP contribution is -2.50. The Morgan fingerprint density at radius 1 is 1.28 bits per heavy atom. The van der Waals surface area contributed by atoms with E-state index in [0.717, 1.165) is 17.4 Å². The van der Waals surface area contributed by atoms with E-state index in [0.29, 0.717) is 25.9 Å². The van der Waals surface area contributed by atoms with Crippen molar-refractivity contribution in [3.05, 3.63) is 47.3 Å².